The predicted octanol–water partition coefficient (Wildman–Crippen LogP) is 6.98. The molecule has 0 aliphatic rings. The highest BCUT2D eigenvalue weighted by Gasteiger charge is 2.14. The van der Waals surface area contributed by atoms with Gasteiger partial charge in [-0.3, -0.25) is 9.59 Å². The first-order chi connectivity index (χ1) is 23.8. The summed E-state index contributed by atoms with van der Waals surface area (Å²) in [5.74, 6) is -0.516. The number of ether oxygens (including phenoxy) is 2. The second-order valence-electron chi connectivity index (χ2n) is 11.5. The van der Waals surface area contributed by atoms with Crippen molar-refractivity contribution in [2.24, 2.45) is 0 Å². The Kier molecular flexibility index (Phi) is 16.7. The van der Waals surface area contributed by atoms with Gasteiger partial charge in [0, 0.05) is 37.6 Å². The quantitative estimate of drug-likeness (QED) is 0.0390. The van der Waals surface area contributed by atoms with Crippen molar-refractivity contribution in [3.05, 3.63) is 109 Å². The summed E-state index contributed by atoms with van der Waals surface area (Å²) in [4.78, 5) is 47.8. The van der Waals surface area contributed by atoms with Gasteiger partial charge in [0.2, 0.25) is 11.8 Å². The predicted molar refractivity (Wildman–Crippen MR) is 194 cm³/mol. The molecule has 0 heterocycles. The van der Waals surface area contributed by atoms with Crippen LogP contribution in [0.2, 0.25) is 0 Å². The Bertz CT molecular complexity index is 1540. The molecule has 0 fully saturated rings. The number of aryl methyl sites for hydroxylation is 1. The molecule has 0 aliphatic heterocycles. The monoisotopic (exact) mass is 668 g/mol. The molecule has 0 radical (unpaired) electrons. The van der Waals surface area contributed by atoms with Gasteiger partial charge in [-0.05, 0) is 117 Å². The standard InChI is InChI=1S/C39H48N4O6/c1-4-36(44)42-26-12-8-6-10-24-40-32-18-14-30(15-19-32)38(46)48-34-22-23-35(29(3)28-34)49-39(47)31-16-20-33(21-17-31)41-25-11-7-9-13-27-43-37(45)5-2/h4-5,14-23,28,40-41H,1-2,6-13,24-27H2,3H3,(H,42,44)(H,43,45). The lowest BCUT2D eigenvalue weighted by Crippen LogP contribution is -2.21. The second-order valence-corrected chi connectivity index (χ2v) is 11.5. The summed E-state index contributed by atoms with van der Waals surface area (Å²) in [6, 6.07) is 19.1. The summed E-state index contributed by atoms with van der Waals surface area (Å²) >= 11 is 0. The van der Waals surface area contributed by atoms with E-state index in [4.69, 9.17) is 9.47 Å². The van der Waals surface area contributed by atoms with E-state index in [1.807, 2.05) is 24.3 Å². The maximum Gasteiger partial charge on any atom is 0.343 e. The van der Waals surface area contributed by atoms with E-state index in [0.29, 0.717) is 41.3 Å². The Hall–Kier alpha value is -5.38. The van der Waals surface area contributed by atoms with Crippen LogP contribution in [0, 0.1) is 6.92 Å². The van der Waals surface area contributed by atoms with Crippen molar-refractivity contribution in [2.75, 3.05) is 36.8 Å². The van der Waals surface area contributed by atoms with Crippen molar-refractivity contribution < 1.29 is 28.7 Å². The molecule has 3 aromatic carbocycles. The molecule has 0 saturated heterocycles. The van der Waals surface area contributed by atoms with E-state index in [2.05, 4.69) is 34.4 Å². The van der Waals surface area contributed by atoms with Gasteiger partial charge >= 0.3 is 11.9 Å². The fourth-order valence-electron chi connectivity index (χ4n) is 4.81. The Labute approximate surface area is 289 Å². The number of esters is 2. The van der Waals surface area contributed by atoms with Crippen molar-refractivity contribution in [3.8, 4) is 11.5 Å². The van der Waals surface area contributed by atoms with Crippen LogP contribution in [0.3, 0.4) is 0 Å². The number of hydrogen-bond donors (Lipinski definition) is 4. The van der Waals surface area contributed by atoms with Crippen molar-refractivity contribution in [1.29, 1.82) is 0 Å². The van der Waals surface area contributed by atoms with Crippen LogP contribution in [0.15, 0.2) is 92.0 Å². The molecule has 2 amide bonds. The largest absolute Gasteiger partial charge is 0.423 e. The number of hydrogen-bond acceptors (Lipinski definition) is 8. The molecule has 0 bridgehead atoms. The number of anilines is 2. The summed E-state index contributed by atoms with van der Waals surface area (Å²) < 4.78 is 11.2. The summed E-state index contributed by atoms with van der Waals surface area (Å²) in [6.07, 6.45) is 10.6. The van der Waals surface area contributed by atoms with Crippen LogP contribution in [-0.2, 0) is 9.59 Å². The van der Waals surface area contributed by atoms with E-state index in [1.165, 1.54) is 12.2 Å². The fourth-order valence-corrected chi connectivity index (χ4v) is 4.81. The van der Waals surface area contributed by atoms with E-state index >= 15 is 0 Å². The average Bonchev–Trinajstić information content (AvgIpc) is 3.11. The van der Waals surface area contributed by atoms with Gasteiger partial charge in [-0.15, -0.1) is 0 Å². The molecule has 49 heavy (non-hydrogen) atoms. The minimum absolute atomic E-state index is 0.141. The van der Waals surface area contributed by atoms with Crippen molar-refractivity contribution in [1.82, 2.24) is 10.6 Å². The van der Waals surface area contributed by atoms with Crippen LogP contribution in [-0.4, -0.2) is 49.9 Å². The van der Waals surface area contributed by atoms with E-state index in [-0.39, 0.29) is 11.8 Å². The zero-order valence-corrected chi connectivity index (χ0v) is 28.4. The van der Waals surface area contributed by atoms with Crippen LogP contribution in [0.1, 0.15) is 77.6 Å². The molecular formula is C39H48N4O6. The smallest absolute Gasteiger partial charge is 0.343 e. The van der Waals surface area contributed by atoms with Gasteiger partial charge < -0.3 is 30.7 Å². The summed E-state index contributed by atoms with van der Waals surface area (Å²) in [7, 11) is 0. The molecular weight excluding hydrogens is 620 g/mol. The van der Waals surface area contributed by atoms with Crippen LogP contribution in [0.4, 0.5) is 11.4 Å². The molecule has 3 aromatic rings. The highest BCUT2D eigenvalue weighted by Crippen LogP contribution is 2.25. The van der Waals surface area contributed by atoms with Gasteiger partial charge in [0.05, 0.1) is 11.1 Å². The molecule has 0 aromatic heterocycles. The lowest BCUT2D eigenvalue weighted by Gasteiger charge is -2.11. The highest BCUT2D eigenvalue weighted by molar-refractivity contribution is 5.92. The van der Waals surface area contributed by atoms with Crippen LogP contribution in [0.25, 0.3) is 0 Å². The number of nitrogens with one attached hydrogen (secondary N) is 4. The first kappa shape index (κ1) is 38.1. The summed E-state index contributed by atoms with van der Waals surface area (Å²) in [5.41, 5.74) is 3.33. The third-order valence-corrected chi connectivity index (χ3v) is 7.64. The summed E-state index contributed by atoms with van der Waals surface area (Å²) in [6.45, 7) is 11.6. The Morgan fingerprint density at radius 3 is 1.43 bits per heavy atom. The SMILES string of the molecule is C=CC(=O)NCCCCCCNc1ccc(C(=O)Oc2ccc(OC(=O)c3ccc(NCCCCCCNC(=O)C=C)cc3)c(C)c2)cc1. The zero-order chi connectivity index (χ0) is 35.3. The Morgan fingerprint density at radius 2 is 1.00 bits per heavy atom. The van der Waals surface area contributed by atoms with E-state index in [9.17, 15) is 19.2 Å². The topological polar surface area (TPSA) is 135 Å². The number of amides is 2. The van der Waals surface area contributed by atoms with Gasteiger partial charge in [0.1, 0.15) is 11.5 Å². The van der Waals surface area contributed by atoms with Crippen LogP contribution < -0.4 is 30.7 Å². The number of rotatable bonds is 22. The number of carbonyl (C=O) groups is 4. The minimum atomic E-state index is -0.484. The maximum atomic E-state index is 12.8. The molecule has 0 saturated carbocycles. The first-order valence-electron chi connectivity index (χ1n) is 16.8. The van der Waals surface area contributed by atoms with Crippen molar-refractivity contribution in [2.45, 2.75) is 58.3 Å². The molecule has 260 valence electrons. The number of unbranched alkanes of at least 4 members (excludes halogenated alkanes) is 6. The van der Waals surface area contributed by atoms with Gasteiger partial charge in [-0.25, -0.2) is 9.59 Å². The van der Waals surface area contributed by atoms with E-state index < -0.39 is 11.9 Å². The average molecular weight is 669 g/mol. The number of benzene rings is 3. The third-order valence-electron chi connectivity index (χ3n) is 7.64. The van der Waals surface area contributed by atoms with Gasteiger partial charge in [-0.2, -0.15) is 0 Å². The fraction of sp³-hybridized carbons (Fsp3) is 0.333. The Morgan fingerprint density at radius 1 is 0.571 bits per heavy atom. The van der Waals surface area contributed by atoms with E-state index in [1.54, 1.807) is 49.4 Å². The molecule has 0 atom stereocenters. The lowest BCUT2D eigenvalue weighted by atomic mass is 10.1. The normalized spacial score (nSPS) is 10.4. The van der Waals surface area contributed by atoms with Gasteiger partial charge in [-0.1, -0.05) is 38.8 Å². The zero-order valence-electron chi connectivity index (χ0n) is 28.4. The Balaban J connectivity index is 1.35. The molecule has 0 aliphatic carbocycles. The van der Waals surface area contributed by atoms with Crippen LogP contribution >= 0.6 is 0 Å². The van der Waals surface area contributed by atoms with Crippen molar-refractivity contribution in [3.63, 3.8) is 0 Å². The third kappa shape index (κ3) is 14.5. The van der Waals surface area contributed by atoms with Gasteiger partial charge in [0.25, 0.3) is 0 Å². The second kappa shape index (κ2) is 21.5. The van der Waals surface area contributed by atoms with Crippen LogP contribution in [0.5, 0.6) is 11.5 Å². The molecule has 0 spiro atoms. The molecule has 10 nitrogen and oxygen atoms in total. The van der Waals surface area contributed by atoms with E-state index in [0.717, 1.165) is 75.8 Å². The molecule has 4 N–H and O–H groups in total. The van der Waals surface area contributed by atoms with Gasteiger partial charge in [0.15, 0.2) is 0 Å². The number of carbonyl (C=O) groups excluding carboxylic acids is 4. The molecule has 0 unspecified atom stereocenters. The minimum Gasteiger partial charge on any atom is -0.423 e. The maximum absolute atomic E-state index is 12.8. The highest BCUT2D eigenvalue weighted by atomic mass is 16.5. The molecule has 3 rings (SSSR count). The van der Waals surface area contributed by atoms with Crippen molar-refractivity contribution >= 4 is 35.1 Å². The first-order valence-corrected chi connectivity index (χ1v) is 16.8. The lowest BCUT2D eigenvalue weighted by molar-refractivity contribution is -0.117. The summed E-state index contributed by atoms with van der Waals surface area (Å²) in [5, 5.41) is 12.3. The molecule has 10 heteroatoms.